The lowest BCUT2D eigenvalue weighted by Crippen LogP contribution is -2.27. The minimum Gasteiger partial charge on any atom is -0.358 e. The van der Waals surface area contributed by atoms with Gasteiger partial charge in [0.05, 0.1) is 0 Å². The van der Waals surface area contributed by atoms with E-state index in [0.717, 1.165) is 30.2 Å². The van der Waals surface area contributed by atoms with Gasteiger partial charge in [-0.25, -0.2) is 4.39 Å². The maximum absolute atomic E-state index is 13.1. The highest BCUT2D eigenvalue weighted by Gasteiger charge is 2.19. The Hall–Kier alpha value is -1.35. The van der Waals surface area contributed by atoms with Crippen molar-refractivity contribution in [1.29, 1.82) is 0 Å². The van der Waals surface area contributed by atoms with Crippen LogP contribution in [-0.2, 0) is 12.8 Å². The third kappa shape index (κ3) is 1.35. The predicted molar refractivity (Wildman–Crippen MR) is 58.3 cm³/mol. The van der Waals surface area contributed by atoms with E-state index in [0.29, 0.717) is 0 Å². The molecule has 1 heterocycles. The summed E-state index contributed by atoms with van der Waals surface area (Å²) in [6, 6.07) is 5.11. The van der Waals surface area contributed by atoms with Crippen LogP contribution in [0.3, 0.4) is 0 Å². The van der Waals surface area contributed by atoms with E-state index >= 15 is 0 Å². The predicted octanol–water partition coefficient (Wildman–Crippen LogP) is 2.12. The second-order valence-corrected chi connectivity index (χ2v) is 4.27. The summed E-state index contributed by atoms with van der Waals surface area (Å²) < 4.78 is 13.1. The highest BCUT2D eigenvalue weighted by atomic mass is 19.1. The van der Waals surface area contributed by atoms with E-state index in [2.05, 4.69) is 4.98 Å². The highest BCUT2D eigenvalue weighted by molar-refractivity contribution is 5.85. The first-order valence-electron chi connectivity index (χ1n) is 5.28. The van der Waals surface area contributed by atoms with Crippen LogP contribution in [0, 0.1) is 5.82 Å². The van der Waals surface area contributed by atoms with Gasteiger partial charge in [0, 0.05) is 22.6 Å². The number of nitrogens with two attached hydrogens (primary N) is 1. The van der Waals surface area contributed by atoms with Gasteiger partial charge < -0.3 is 10.7 Å². The Morgan fingerprint density at radius 1 is 1.40 bits per heavy atom. The van der Waals surface area contributed by atoms with Crippen molar-refractivity contribution < 1.29 is 4.39 Å². The van der Waals surface area contributed by atoms with E-state index in [9.17, 15) is 4.39 Å². The van der Waals surface area contributed by atoms with Crippen LogP contribution in [0.1, 0.15) is 17.7 Å². The first-order chi connectivity index (χ1) is 7.24. The van der Waals surface area contributed by atoms with Gasteiger partial charge in [-0.15, -0.1) is 0 Å². The van der Waals surface area contributed by atoms with Crippen molar-refractivity contribution in [3.63, 3.8) is 0 Å². The summed E-state index contributed by atoms with van der Waals surface area (Å²) in [5.74, 6) is -0.177. The molecule has 0 fully saturated rings. The lowest BCUT2D eigenvalue weighted by Gasteiger charge is -2.17. The number of rotatable bonds is 0. The number of aromatic nitrogens is 1. The number of aromatic amines is 1. The minimum atomic E-state index is -0.177. The Morgan fingerprint density at radius 3 is 3.13 bits per heavy atom. The van der Waals surface area contributed by atoms with Gasteiger partial charge in [-0.1, -0.05) is 0 Å². The second kappa shape index (κ2) is 3.07. The number of nitrogens with one attached hydrogen (secondary N) is 1. The molecular formula is C12H13FN2. The van der Waals surface area contributed by atoms with E-state index in [1.807, 2.05) is 0 Å². The molecule has 2 aromatic rings. The fourth-order valence-corrected chi connectivity index (χ4v) is 2.42. The minimum absolute atomic E-state index is 0.177. The zero-order valence-corrected chi connectivity index (χ0v) is 8.39. The average Bonchev–Trinajstić information content (AvgIpc) is 2.56. The number of aryl methyl sites for hydroxylation is 1. The molecular weight excluding hydrogens is 191 g/mol. The molecule has 0 bridgehead atoms. The summed E-state index contributed by atoms with van der Waals surface area (Å²) >= 11 is 0. The maximum Gasteiger partial charge on any atom is 0.123 e. The monoisotopic (exact) mass is 204 g/mol. The van der Waals surface area contributed by atoms with Crippen molar-refractivity contribution in [3.8, 4) is 0 Å². The Balaban J connectivity index is 2.25. The van der Waals surface area contributed by atoms with Crippen molar-refractivity contribution in [2.75, 3.05) is 0 Å². The lowest BCUT2D eigenvalue weighted by molar-refractivity contribution is 0.574. The molecule has 0 amide bonds. The summed E-state index contributed by atoms with van der Waals surface area (Å²) in [6.07, 6.45) is 2.86. The molecule has 1 aromatic heterocycles. The SMILES string of the molecule is N[C@@H]1CCc2[nH]c3ccc(F)cc3c2C1. The molecule has 1 aliphatic carbocycles. The van der Waals surface area contributed by atoms with Crippen molar-refractivity contribution in [1.82, 2.24) is 4.98 Å². The fraction of sp³-hybridized carbons (Fsp3) is 0.333. The van der Waals surface area contributed by atoms with Gasteiger partial charge in [-0.3, -0.25) is 0 Å². The second-order valence-electron chi connectivity index (χ2n) is 4.27. The molecule has 0 unspecified atom stereocenters. The van der Waals surface area contributed by atoms with Crippen molar-refractivity contribution in [2.24, 2.45) is 5.73 Å². The molecule has 3 N–H and O–H groups in total. The standard InChI is InChI=1S/C12H13FN2/c13-7-1-3-11-9(5-7)10-6-8(14)2-4-12(10)15-11/h1,3,5,8,15H,2,4,6,14H2/t8-/m1/s1. The molecule has 1 aliphatic rings. The Kier molecular flexibility index (Phi) is 1.83. The Labute approximate surface area is 87.3 Å². The molecule has 1 aromatic carbocycles. The number of benzene rings is 1. The van der Waals surface area contributed by atoms with Crippen molar-refractivity contribution in [2.45, 2.75) is 25.3 Å². The van der Waals surface area contributed by atoms with Crippen LogP contribution < -0.4 is 5.73 Å². The van der Waals surface area contributed by atoms with E-state index in [4.69, 9.17) is 5.73 Å². The summed E-state index contributed by atoms with van der Waals surface area (Å²) in [5.41, 5.74) is 9.40. The highest BCUT2D eigenvalue weighted by Crippen LogP contribution is 2.28. The van der Waals surface area contributed by atoms with Gasteiger partial charge in [0.15, 0.2) is 0 Å². The van der Waals surface area contributed by atoms with Crippen LogP contribution in [0.15, 0.2) is 18.2 Å². The summed E-state index contributed by atoms with van der Waals surface area (Å²) in [6.45, 7) is 0. The first-order valence-corrected chi connectivity index (χ1v) is 5.28. The molecule has 15 heavy (non-hydrogen) atoms. The molecule has 0 saturated heterocycles. The van der Waals surface area contributed by atoms with Gasteiger partial charge in [0.2, 0.25) is 0 Å². The van der Waals surface area contributed by atoms with E-state index in [-0.39, 0.29) is 11.9 Å². The maximum atomic E-state index is 13.1. The van der Waals surface area contributed by atoms with Gasteiger partial charge >= 0.3 is 0 Å². The van der Waals surface area contributed by atoms with Gasteiger partial charge in [0.1, 0.15) is 5.82 Å². The average molecular weight is 204 g/mol. The third-order valence-electron chi connectivity index (χ3n) is 3.19. The van der Waals surface area contributed by atoms with Crippen LogP contribution in [0.4, 0.5) is 4.39 Å². The Morgan fingerprint density at radius 2 is 2.27 bits per heavy atom. The summed E-state index contributed by atoms with van der Waals surface area (Å²) in [4.78, 5) is 3.34. The molecule has 0 saturated carbocycles. The topological polar surface area (TPSA) is 41.8 Å². The quantitative estimate of drug-likeness (QED) is 0.678. The van der Waals surface area contributed by atoms with E-state index in [1.54, 1.807) is 12.1 Å². The summed E-state index contributed by atoms with van der Waals surface area (Å²) in [7, 11) is 0. The number of hydrogen-bond donors (Lipinski definition) is 2. The first kappa shape index (κ1) is 8.92. The van der Waals surface area contributed by atoms with E-state index in [1.165, 1.54) is 17.3 Å². The largest absolute Gasteiger partial charge is 0.358 e. The molecule has 3 heteroatoms. The molecule has 0 spiro atoms. The van der Waals surface area contributed by atoms with Crippen molar-refractivity contribution in [3.05, 3.63) is 35.3 Å². The van der Waals surface area contributed by atoms with Crippen LogP contribution in [-0.4, -0.2) is 11.0 Å². The van der Waals surface area contributed by atoms with Gasteiger partial charge in [-0.05, 0) is 43.0 Å². The lowest BCUT2D eigenvalue weighted by atomic mass is 9.92. The fourth-order valence-electron chi connectivity index (χ4n) is 2.42. The van der Waals surface area contributed by atoms with Crippen molar-refractivity contribution >= 4 is 10.9 Å². The zero-order chi connectivity index (χ0) is 10.4. The van der Waals surface area contributed by atoms with Gasteiger partial charge in [-0.2, -0.15) is 0 Å². The zero-order valence-electron chi connectivity index (χ0n) is 8.39. The summed E-state index contributed by atoms with van der Waals surface area (Å²) in [5, 5.41) is 1.00. The molecule has 0 radical (unpaired) electrons. The van der Waals surface area contributed by atoms with Gasteiger partial charge in [0.25, 0.3) is 0 Å². The number of halogens is 1. The smallest absolute Gasteiger partial charge is 0.123 e. The number of fused-ring (bicyclic) bond motifs is 3. The molecule has 1 atom stereocenters. The molecule has 2 nitrogen and oxygen atoms in total. The number of hydrogen-bond acceptors (Lipinski definition) is 1. The third-order valence-corrected chi connectivity index (χ3v) is 3.19. The molecule has 3 rings (SSSR count). The van der Waals surface area contributed by atoms with Crippen LogP contribution in [0.25, 0.3) is 10.9 Å². The number of H-pyrrole nitrogens is 1. The van der Waals surface area contributed by atoms with Crippen LogP contribution >= 0.6 is 0 Å². The van der Waals surface area contributed by atoms with E-state index < -0.39 is 0 Å². The molecule has 0 aliphatic heterocycles. The normalized spacial score (nSPS) is 20.5. The van der Waals surface area contributed by atoms with Crippen LogP contribution in [0.5, 0.6) is 0 Å². The Bertz CT molecular complexity index is 516. The van der Waals surface area contributed by atoms with Crippen LogP contribution in [0.2, 0.25) is 0 Å². The molecule has 78 valence electrons.